The molecular formula is C19H22ClNO3. The number of ether oxygens (including phenoxy) is 2. The Labute approximate surface area is 147 Å². The van der Waals surface area contributed by atoms with E-state index < -0.39 is 6.10 Å². The standard InChI is InChI=1S/C19H22ClNO3/c1-12(2)23-17-8-6-16(7-9-17)21-19(22)14(4)24-18-10-5-15(20)11-13(18)3/h5-12,14H,1-4H3,(H,21,22)/t14-/m1/s1. The molecule has 0 aliphatic carbocycles. The Hall–Kier alpha value is -2.20. The molecule has 128 valence electrons. The van der Waals surface area contributed by atoms with E-state index in [4.69, 9.17) is 21.1 Å². The van der Waals surface area contributed by atoms with Gasteiger partial charge in [0.25, 0.3) is 5.91 Å². The molecule has 0 aliphatic heterocycles. The SMILES string of the molecule is Cc1cc(Cl)ccc1O[C@H](C)C(=O)Nc1ccc(OC(C)C)cc1. The van der Waals surface area contributed by atoms with Crippen LogP contribution in [0, 0.1) is 6.92 Å². The minimum atomic E-state index is -0.628. The predicted molar refractivity (Wildman–Crippen MR) is 97.1 cm³/mol. The van der Waals surface area contributed by atoms with Crippen molar-refractivity contribution in [3.63, 3.8) is 0 Å². The summed E-state index contributed by atoms with van der Waals surface area (Å²) in [6.45, 7) is 7.53. The number of carbonyl (C=O) groups excluding carboxylic acids is 1. The van der Waals surface area contributed by atoms with Gasteiger partial charge in [0.15, 0.2) is 6.10 Å². The van der Waals surface area contributed by atoms with Crippen LogP contribution in [0.2, 0.25) is 5.02 Å². The van der Waals surface area contributed by atoms with Crippen LogP contribution in [0.15, 0.2) is 42.5 Å². The minimum absolute atomic E-state index is 0.112. The summed E-state index contributed by atoms with van der Waals surface area (Å²) in [5, 5.41) is 3.47. The second-order valence-electron chi connectivity index (χ2n) is 5.85. The van der Waals surface area contributed by atoms with Crippen LogP contribution in [0.4, 0.5) is 5.69 Å². The lowest BCUT2D eigenvalue weighted by atomic mass is 10.2. The number of aryl methyl sites for hydroxylation is 1. The van der Waals surface area contributed by atoms with E-state index in [1.165, 1.54) is 0 Å². The number of nitrogens with one attached hydrogen (secondary N) is 1. The number of anilines is 1. The first-order chi connectivity index (χ1) is 11.3. The van der Waals surface area contributed by atoms with Crippen molar-refractivity contribution in [2.75, 3.05) is 5.32 Å². The van der Waals surface area contributed by atoms with Gasteiger partial charge in [-0.3, -0.25) is 4.79 Å². The van der Waals surface area contributed by atoms with Crippen LogP contribution in [0.5, 0.6) is 11.5 Å². The molecule has 0 aliphatic rings. The predicted octanol–water partition coefficient (Wildman–Crippen LogP) is 4.84. The molecule has 1 atom stereocenters. The highest BCUT2D eigenvalue weighted by atomic mass is 35.5. The van der Waals surface area contributed by atoms with Gasteiger partial charge in [0, 0.05) is 10.7 Å². The van der Waals surface area contributed by atoms with Crippen LogP contribution >= 0.6 is 11.6 Å². The molecule has 0 spiro atoms. The normalized spacial score (nSPS) is 11.9. The van der Waals surface area contributed by atoms with E-state index in [9.17, 15) is 4.79 Å². The highest BCUT2D eigenvalue weighted by Gasteiger charge is 2.16. The molecule has 24 heavy (non-hydrogen) atoms. The topological polar surface area (TPSA) is 47.6 Å². The Morgan fingerprint density at radius 1 is 1.04 bits per heavy atom. The van der Waals surface area contributed by atoms with Gasteiger partial charge in [-0.05, 0) is 75.7 Å². The summed E-state index contributed by atoms with van der Waals surface area (Å²) in [4.78, 5) is 12.3. The second kappa shape index (κ2) is 8.06. The van der Waals surface area contributed by atoms with Gasteiger partial charge in [0.05, 0.1) is 6.10 Å². The fraction of sp³-hybridized carbons (Fsp3) is 0.316. The molecular weight excluding hydrogens is 326 g/mol. The van der Waals surface area contributed by atoms with Crippen LogP contribution in [0.1, 0.15) is 26.3 Å². The first-order valence-corrected chi connectivity index (χ1v) is 8.23. The average molecular weight is 348 g/mol. The van der Waals surface area contributed by atoms with Crippen molar-refractivity contribution < 1.29 is 14.3 Å². The molecule has 1 N–H and O–H groups in total. The first kappa shape index (κ1) is 18.1. The highest BCUT2D eigenvalue weighted by Crippen LogP contribution is 2.23. The summed E-state index contributed by atoms with van der Waals surface area (Å²) >= 11 is 5.92. The number of hydrogen-bond acceptors (Lipinski definition) is 3. The van der Waals surface area contributed by atoms with Crippen LogP contribution in [0.3, 0.4) is 0 Å². The molecule has 2 aromatic carbocycles. The fourth-order valence-corrected chi connectivity index (χ4v) is 2.35. The highest BCUT2D eigenvalue weighted by molar-refractivity contribution is 6.30. The molecule has 0 saturated heterocycles. The Kier molecular flexibility index (Phi) is 6.10. The van der Waals surface area contributed by atoms with Crippen molar-refractivity contribution >= 4 is 23.2 Å². The molecule has 2 aromatic rings. The summed E-state index contributed by atoms with van der Waals surface area (Å²) in [5.41, 5.74) is 1.58. The maximum Gasteiger partial charge on any atom is 0.265 e. The molecule has 0 aromatic heterocycles. The van der Waals surface area contributed by atoms with E-state index in [-0.39, 0.29) is 12.0 Å². The monoisotopic (exact) mass is 347 g/mol. The molecule has 0 saturated carbocycles. The molecule has 4 nitrogen and oxygen atoms in total. The van der Waals surface area contributed by atoms with Gasteiger partial charge in [-0.25, -0.2) is 0 Å². The smallest absolute Gasteiger partial charge is 0.265 e. The van der Waals surface area contributed by atoms with Gasteiger partial charge in [0.1, 0.15) is 11.5 Å². The summed E-state index contributed by atoms with van der Waals surface area (Å²) < 4.78 is 11.3. The maximum absolute atomic E-state index is 12.3. The zero-order chi connectivity index (χ0) is 17.7. The first-order valence-electron chi connectivity index (χ1n) is 7.85. The van der Waals surface area contributed by atoms with Crippen LogP contribution in [-0.2, 0) is 4.79 Å². The number of rotatable bonds is 6. The van der Waals surface area contributed by atoms with Crippen molar-refractivity contribution in [1.82, 2.24) is 0 Å². The molecule has 0 heterocycles. The third kappa shape index (κ3) is 5.17. The van der Waals surface area contributed by atoms with Gasteiger partial charge in [-0.15, -0.1) is 0 Å². The molecule has 5 heteroatoms. The van der Waals surface area contributed by atoms with Crippen molar-refractivity contribution in [1.29, 1.82) is 0 Å². The van der Waals surface area contributed by atoms with E-state index in [0.29, 0.717) is 16.5 Å². The minimum Gasteiger partial charge on any atom is -0.491 e. The lowest BCUT2D eigenvalue weighted by Gasteiger charge is -2.16. The Balaban J connectivity index is 1.96. The number of halogens is 1. The fourth-order valence-electron chi connectivity index (χ4n) is 2.12. The Bertz CT molecular complexity index is 698. The molecule has 0 fully saturated rings. The molecule has 0 radical (unpaired) electrons. The van der Waals surface area contributed by atoms with E-state index in [1.807, 2.05) is 32.9 Å². The van der Waals surface area contributed by atoms with Crippen molar-refractivity contribution in [3.05, 3.63) is 53.1 Å². The summed E-state index contributed by atoms with van der Waals surface area (Å²) in [6.07, 6.45) is -0.516. The molecule has 1 amide bonds. The van der Waals surface area contributed by atoms with E-state index in [1.54, 1.807) is 37.3 Å². The molecule has 2 rings (SSSR count). The van der Waals surface area contributed by atoms with E-state index in [0.717, 1.165) is 11.3 Å². The largest absolute Gasteiger partial charge is 0.491 e. The van der Waals surface area contributed by atoms with Crippen molar-refractivity contribution in [2.24, 2.45) is 0 Å². The van der Waals surface area contributed by atoms with E-state index >= 15 is 0 Å². The van der Waals surface area contributed by atoms with Crippen LogP contribution in [0.25, 0.3) is 0 Å². The lowest BCUT2D eigenvalue weighted by molar-refractivity contribution is -0.122. The van der Waals surface area contributed by atoms with Gasteiger partial charge in [-0.2, -0.15) is 0 Å². The average Bonchev–Trinajstić information content (AvgIpc) is 2.51. The maximum atomic E-state index is 12.3. The summed E-state index contributed by atoms with van der Waals surface area (Å²) in [7, 11) is 0. The Morgan fingerprint density at radius 2 is 1.71 bits per heavy atom. The van der Waals surface area contributed by atoms with E-state index in [2.05, 4.69) is 5.32 Å². The van der Waals surface area contributed by atoms with Gasteiger partial charge >= 0.3 is 0 Å². The third-order valence-corrected chi connectivity index (χ3v) is 3.54. The lowest BCUT2D eigenvalue weighted by Crippen LogP contribution is -2.30. The quantitative estimate of drug-likeness (QED) is 0.813. The van der Waals surface area contributed by atoms with Crippen LogP contribution < -0.4 is 14.8 Å². The molecule has 0 bridgehead atoms. The number of hydrogen-bond donors (Lipinski definition) is 1. The second-order valence-corrected chi connectivity index (χ2v) is 6.29. The zero-order valence-electron chi connectivity index (χ0n) is 14.3. The summed E-state index contributed by atoms with van der Waals surface area (Å²) in [5.74, 6) is 1.19. The van der Waals surface area contributed by atoms with Gasteiger partial charge < -0.3 is 14.8 Å². The van der Waals surface area contributed by atoms with Crippen LogP contribution in [-0.4, -0.2) is 18.1 Å². The number of amides is 1. The third-order valence-electron chi connectivity index (χ3n) is 3.30. The van der Waals surface area contributed by atoms with Crippen molar-refractivity contribution in [2.45, 2.75) is 39.9 Å². The number of carbonyl (C=O) groups is 1. The summed E-state index contributed by atoms with van der Waals surface area (Å²) in [6, 6.07) is 12.6. The number of benzene rings is 2. The van der Waals surface area contributed by atoms with Gasteiger partial charge in [0.2, 0.25) is 0 Å². The van der Waals surface area contributed by atoms with Gasteiger partial charge in [-0.1, -0.05) is 11.6 Å². The Morgan fingerprint density at radius 3 is 2.29 bits per heavy atom. The zero-order valence-corrected chi connectivity index (χ0v) is 15.1. The van der Waals surface area contributed by atoms with Crippen molar-refractivity contribution in [3.8, 4) is 11.5 Å². The molecule has 0 unspecified atom stereocenters.